The lowest BCUT2D eigenvalue weighted by Crippen LogP contribution is -2.66. The second kappa shape index (κ2) is 44.2. The van der Waals surface area contributed by atoms with Crippen LogP contribution in [-0.4, -0.2) is 254 Å². The molecule has 16 amide bonds. The van der Waals surface area contributed by atoms with Crippen LogP contribution in [-0.2, 0) is 94.3 Å². The number of aromatic amines is 2. The molecule has 3 aliphatic heterocycles. The number of hydrogen-bond donors (Lipinski definition) is 22. The number of aromatic nitrogens is 2. The van der Waals surface area contributed by atoms with Crippen molar-refractivity contribution in [1.82, 2.24) is 83.6 Å². The highest BCUT2D eigenvalue weighted by Crippen LogP contribution is 2.28. The third-order valence-corrected chi connectivity index (χ3v) is 21.6. The average molecular weight is 1660 g/mol. The van der Waals surface area contributed by atoms with E-state index in [0.29, 0.717) is 39.4 Å². The van der Waals surface area contributed by atoms with E-state index in [1.807, 2.05) is 0 Å². The van der Waals surface area contributed by atoms with Crippen LogP contribution in [0.2, 0.25) is 0 Å². The van der Waals surface area contributed by atoms with E-state index in [0.717, 1.165) is 0 Å². The van der Waals surface area contributed by atoms with Gasteiger partial charge in [-0.1, -0.05) is 56.7 Å². The number of nitrogens with two attached hydrogens (primary N) is 7. The zero-order chi connectivity index (χ0) is 87.8. The first kappa shape index (κ1) is 94.5. The lowest BCUT2D eigenvalue weighted by atomic mass is 9.96. The van der Waals surface area contributed by atoms with Crippen LogP contribution in [0.3, 0.4) is 0 Å². The Kier molecular flexibility index (Phi) is 35.1. The third-order valence-electron chi connectivity index (χ3n) is 21.6. The highest BCUT2D eigenvalue weighted by molar-refractivity contribution is 6.02. The molecule has 119 heavy (non-hydrogen) atoms. The van der Waals surface area contributed by atoms with Gasteiger partial charge in [0.1, 0.15) is 84.6 Å². The fraction of sp³-hybridized carbons (Fsp3) is 0.577. The van der Waals surface area contributed by atoms with E-state index < -0.39 is 254 Å². The molecule has 3 saturated heterocycles. The number of H-pyrrole nitrogens is 2. The molecule has 4 unspecified atom stereocenters. The summed E-state index contributed by atoms with van der Waals surface area (Å²) in [6.07, 6.45) is 0.480. The summed E-state index contributed by atoms with van der Waals surface area (Å²) in [4.78, 5) is 252. The largest absolute Gasteiger partial charge is 0.481 e. The number of para-hydroxylation sites is 2. The Morgan fingerprint density at radius 3 is 1.24 bits per heavy atom. The number of aliphatic carboxylic acids is 1. The molecule has 19 atom stereocenters. The molecule has 3 fully saturated rings. The van der Waals surface area contributed by atoms with E-state index in [4.69, 9.17) is 40.1 Å². The van der Waals surface area contributed by atoms with Gasteiger partial charge in [-0.3, -0.25) is 81.5 Å². The van der Waals surface area contributed by atoms with Crippen molar-refractivity contribution < 1.29 is 86.6 Å². The Balaban J connectivity index is 1.29. The van der Waals surface area contributed by atoms with Gasteiger partial charge in [0.15, 0.2) is 0 Å². The van der Waals surface area contributed by atoms with Crippen molar-refractivity contribution in [1.29, 1.82) is 0 Å². The van der Waals surface area contributed by atoms with Gasteiger partial charge in [-0.05, 0) is 135 Å². The quantitative estimate of drug-likeness (QED) is 0.0308. The van der Waals surface area contributed by atoms with Crippen molar-refractivity contribution in [3.8, 4) is 0 Å². The van der Waals surface area contributed by atoms with Crippen LogP contribution in [0.4, 0.5) is 0 Å². The van der Waals surface area contributed by atoms with E-state index in [9.17, 15) is 81.8 Å². The molecule has 41 nitrogen and oxygen atoms in total. The van der Waals surface area contributed by atoms with E-state index >= 15 is 4.79 Å². The van der Waals surface area contributed by atoms with E-state index in [1.54, 1.807) is 74.8 Å². The number of fused-ring (bicyclic) bond motifs is 4. The highest BCUT2D eigenvalue weighted by Gasteiger charge is 2.46. The molecule has 0 radical (unpaired) electrons. The summed E-state index contributed by atoms with van der Waals surface area (Å²) in [6.45, 7) is 9.93. The van der Waals surface area contributed by atoms with Crippen LogP contribution in [0.15, 0.2) is 60.9 Å². The van der Waals surface area contributed by atoms with Crippen LogP contribution >= 0.6 is 0 Å². The number of carboxylic acids is 1. The minimum atomic E-state index is -1.73. The van der Waals surface area contributed by atoms with Crippen molar-refractivity contribution in [2.24, 2.45) is 46.1 Å². The zero-order valence-electron chi connectivity index (χ0n) is 68.0. The monoisotopic (exact) mass is 1660 g/mol. The van der Waals surface area contributed by atoms with Gasteiger partial charge in [0.05, 0.1) is 0 Å². The molecule has 3 aliphatic rings. The average Bonchev–Trinajstić information content (AvgIpc) is 1.68. The van der Waals surface area contributed by atoms with Crippen LogP contribution in [0.25, 0.3) is 21.8 Å². The van der Waals surface area contributed by atoms with Crippen LogP contribution in [0.5, 0.6) is 0 Å². The molecule has 7 rings (SSSR count). The number of amides is 16. The molecular formula is C78H117N23O18. The molecule has 29 N–H and O–H groups in total. The number of unbranched alkanes of at least 4 members (excludes halogenated alkanes) is 1. The molecule has 0 saturated carbocycles. The van der Waals surface area contributed by atoms with Crippen LogP contribution in [0.1, 0.15) is 149 Å². The fourth-order valence-electron chi connectivity index (χ4n) is 14.5. The number of nitrogens with zero attached hydrogens (tertiary/aromatic N) is 2. The second-order valence-electron chi connectivity index (χ2n) is 31.1. The third kappa shape index (κ3) is 26.2. The molecule has 0 aliphatic carbocycles. The Labute approximate surface area is 687 Å². The predicted molar refractivity (Wildman–Crippen MR) is 433 cm³/mol. The van der Waals surface area contributed by atoms with E-state index in [-0.39, 0.29) is 77.4 Å². The number of primary amides is 2. The Hall–Kier alpha value is -11.7. The Morgan fingerprint density at radius 1 is 0.420 bits per heavy atom. The first-order valence-electron chi connectivity index (χ1n) is 40.2. The van der Waals surface area contributed by atoms with Gasteiger partial charge in [0.2, 0.25) is 94.5 Å². The minimum absolute atomic E-state index is 0.0163. The molecule has 5 heterocycles. The smallest absolute Gasteiger partial charge is 0.303 e. The lowest BCUT2D eigenvalue weighted by molar-refractivity contribution is -0.148. The molecular weight excluding hydrogens is 1550 g/mol. The zero-order valence-corrected chi connectivity index (χ0v) is 68.0. The standard InChI is InChI=1S/C78H117N23O18/c1-8-37(2)60-72(113)91-50(24-27-57(84)102)66(107)89-49(21-13-14-30-79)68(109)96-63(40(5)82)75(116)99-62(39(4)81)74(115)94-54(34-44-36-87-48-20-12-10-18-46(44)48)70(111)97-64(41(6)83)76(117)98-61(38(3)80)73(114)88-42(7)65(106)92-52(25-28-58(85)103)77(118)101-32-16-23-56(101)78(119)100-31-15-22-55(100)71(112)90-51(26-29-59(104)105)67(108)93-53(69(110)95-60)33-43-35-86-47-19-11-9-17-45(43)47/h9-12,17-20,35-42,49-56,60-64,86-87H,8,13-16,21-34,79-83H2,1-7H3,(H2,84,102)(H2,85,103)(H,88,114)(H,89,107)(H,90,112)(H,91,113)(H,92,106)(H,93,108)(H,94,115)(H,95,110)(H,96,109)(H,97,111)(H,98,117)(H,99,116)(H,104,105)/t37-,38?,39?,40?,41?,42-,49-,50-,51-,52-,53-,54-,55-,56+,60-,61-,62-,63+,64-/m0/s1. The number of carbonyl (C=O) groups excluding carboxylic acids is 16. The van der Waals surface area contributed by atoms with Gasteiger partial charge in [0.25, 0.3) is 0 Å². The summed E-state index contributed by atoms with van der Waals surface area (Å²) in [5.74, 6) is -17.9. The lowest BCUT2D eigenvalue weighted by Gasteiger charge is -2.33. The number of benzene rings is 2. The number of carboxylic acid groups (broad SMARTS) is 1. The number of rotatable bonds is 23. The van der Waals surface area contributed by atoms with Crippen molar-refractivity contribution in [2.75, 3.05) is 19.6 Å². The van der Waals surface area contributed by atoms with Crippen LogP contribution < -0.4 is 104 Å². The molecule has 2 aromatic heterocycles. The molecule has 0 bridgehead atoms. The Morgan fingerprint density at radius 2 is 0.773 bits per heavy atom. The molecule has 4 aromatic rings. The molecule has 2 aromatic carbocycles. The summed E-state index contributed by atoms with van der Waals surface area (Å²) in [5, 5.41) is 42.2. The maximum Gasteiger partial charge on any atom is 0.303 e. The van der Waals surface area contributed by atoms with Crippen molar-refractivity contribution in [3.05, 3.63) is 72.1 Å². The van der Waals surface area contributed by atoms with Gasteiger partial charge < -0.3 is 129 Å². The van der Waals surface area contributed by atoms with Gasteiger partial charge in [-0.15, -0.1) is 0 Å². The summed E-state index contributed by atoms with van der Waals surface area (Å²) < 4.78 is 0. The number of nitrogens with one attached hydrogen (secondary N) is 14. The number of carbonyl (C=O) groups is 17. The van der Waals surface area contributed by atoms with Crippen molar-refractivity contribution >= 4 is 122 Å². The summed E-state index contributed by atoms with van der Waals surface area (Å²) in [5.41, 5.74) is 44.8. The Bertz CT molecular complexity index is 4340. The highest BCUT2D eigenvalue weighted by atomic mass is 16.4. The van der Waals surface area contributed by atoms with Crippen LogP contribution in [0, 0.1) is 5.92 Å². The van der Waals surface area contributed by atoms with Gasteiger partial charge >= 0.3 is 5.97 Å². The normalized spacial score (nSPS) is 26.8. The predicted octanol–water partition coefficient (Wildman–Crippen LogP) is -5.77. The first-order chi connectivity index (χ1) is 56.3. The minimum Gasteiger partial charge on any atom is -0.481 e. The fourth-order valence-corrected chi connectivity index (χ4v) is 14.5. The molecule has 0 spiro atoms. The summed E-state index contributed by atoms with van der Waals surface area (Å²) in [7, 11) is 0. The topological polar surface area (TPSA) is 675 Å². The maximum absolute atomic E-state index is 15.2. The first-order valence-corrected chi connectivity index (χ1v) is 40.2. The van der Waals surface area contributed by atoms with Gasteiger partial charge in [-0.2, -0.15) is 0 Å². The number of hydrogen-bond acceptors (Lipinski definition) is 22. The summed E-state index contributed by atoms with van der Waals surface area (Å²) >= 11 is 0. The molecule has 652 valence electrons. The SMILES string of the molecule is CC[C@H](C)[C@@H]1NC(=O)[C@H](Cc2c[nH]c3ccccc23)NC(=O)[C@H](CCC(=O)O)NC(=O)[C@@H]2CCCN2C(=O)[C@H]2CCCN2C(=O)[C@H](CCC(N)=O)NC(=O)[C@H](C)NC(=O)[C@H](C(C)N)NC(=O)[C@H](C(C)N)NC(=O)[C@H](Cc2c[nH]c3ccccc23)NC(=O)[C@H](C(C)N)NC(=O)[C@@H](C(C)N)NC(=O)[C@H](CCCCN)NC(=O)[C@H](CCC(N)=O)NC1=O. The van der Waals surface area contributed by atoms with Crippen molar-refractivity contribution in [2.45, 2.75) is 260 Å². The second-order valence-corrected chi connectivity index (χ2v) is 31.1. The van der Waals surface area contributed by atoms with E-state index in [2.05, 4.69) is 73.8 Å². The van der Waals surface area contributed by atoms with Crippen molar-refractivity contribution in [3.63, 3.8) is 0 Å². The van der Waals surface area contributed by atoms with Gasteiger partial charge in [0, 0.05) is 104 Å². The summed E-state index contributed by atoms with van der Waals surface area (Å²) in [6, 6.07) is -13.5. The maximum atomic E-state index is 15.2. The van der Waals surface area contributed by atoms with Gasteiger partial charge in [-0.25, -0.2) is 0 Å². The molecule has 41 heteroatoms. The van der Waals surface area contributed by atoms with E-state index in [1.165, 1.54) is 44.4 Å².